The highest BCUT2D eigenvalue weighted by atomic mass is 16.7. The van der Waals surface area contributed by atoms with Gasteiger partial charge in [0.1, 0.15) is 42.5 Å². The molecule has 0 amide bonds. The minimum Gasteiger partial charge on any atom is -0.479 e. The van der Waals surface area contributed by atoms with Gasteiger partial charge in [-0.15, -0.1) is 0 Å². The van der Waals surface area contributed by atoms with E-state index in [4.69, 9.17) is 18.9 Å². The molecule has 34 heavy (non-hydrogen) atoms. The SMILES string of the molecule is CN1[C@@H]2CC(OC(=O)[C@H](CO[C@H]3O[C@@H](C(=O)O)[C@H](O)[C@@H](O)[C@@H]3O)c3ccccc3)C[C@H]1[C@@H]1O[C@@H]12. The number of carboxylic acids is 1. The van der Waals surface area contributed by atoms with E-state index < -0.39 is 48.6 Å². The number of hydrogen-bond donors (Lipinski definition) is 4. The van der Waals surface area contributed by atoms with Crippen LogP contribution in [0.1, 0.15) is 24.3 Å². The largest absolute Gasteiger partial charge is 0.479 e. The van der Waals surface area contributed by atoms with Crippen molar-refractivity contribution in [3.05, 3.63) is 35.9 Å². The number of fused-ring (bicyclic) bond motifs is 5. The highest BCUT2D eigenvalue weighted by Crippen LogP contribution is 2.48. The average Bonchev–Trinajstić information content (AvgIpc) is 3.58. The topological polar surface area (TPSA) is 159 Å². The van der Waals surface area contributed by atoms with Gasteiger partial charge in [-0.05, 0) is 12.6 Å². The Balaban J connectivity index is 1.26. The van der Waals surface area contributed by atoms with E-state index in [1.54, 1.807) is 30.3 Å². The zero-order valence-electron chi connectivity index (χ0n) is 18.5. The van der Waals surface area contributed by atoms with E-state index in [-0.39, 0.29) is 37.0 Å². The highest BCUT2D eigenvalue weighted by molar-refractivity contribution is 5.78. The van der Waals surface area contributed by atoms with Gasteiger partial charge < -0.3 is 39.4 Å². The maximum absolute atomic E-state index is 13.2. The summed E-state index contributed by atoms with van der Waals surface area (Å²) in [5, 5.41) is 39.3. The number of carboxylic acid groups (broad SMARTS) is 1. The molecule has 4 fully saturated rings. The van der Waals surface area contributed by atoms with E-state index in [0.29, 0.717) is 18.4 Å². The number of benzene rings is 1. The summed E-state index contributed by atoms with van der Waals surface area (Å²) in [4.78, 5) is 26.9. The first-order chi connectivity index (χ1) is 16.3. The number of aliphatic carboxylic acids is 1. The van der Waals surface area contributed by atoms with Crippen molar-refractivity contribution in [2.45, 2.75) is 79.9 Å². The highest BCUT2D eigenvalue weighted by Gasteiger charge is 2.63. The Morgan fingerprint density at radius 1 is 1.03 bits per heavy atom. The van der Waals surface area contributed by atoms with Crippen LogP contribution in [0.3, 0.4) is 0 Å². The smallest absolute Gasteiger partial charge is 0.335 e. The molecule has 1 aromatic carbocycles. The molecule has 1 aromatic rings. The maximum atomic E-state index is 13.2. The molecule has 11 heteroatoms. The van der Waals surface area contributed by atoms with E-state index >= 15 is 0 Å². The molecule has 0 saturated carbocycles. The average molecular weight is 479 g/mol. The van der Waals surface area contributed by atoms with Crippen LogP contribution in [0.25, 0.3) is 0 Å². The van der Waals surface area contributed by atoms with Crippen LogP contribution in [-0.4, -0.2) is 112 Å². The number of epoxide rings is 1. The van der Waals surface area contributed by atoms with Crippen molar-refractivity contribution in [1.82, 2.24) is 4.90 Å². The Bertz CT molecular complexity index is 896. The minimum absolute atomic E-state index is 0.209. The first-order valence-corrected chi connectivity index (χ1v) is 11.4. The molecule has 0 radical (unpaired) electrons. The molecule has 4 heterocycles. The van der Waals surface area contributed by atoms with Gasteiger partial charge in [0.05, 0.1) is 6.61 Å². The van der Waals surface area contributed by atoms with Crippen LogP contribution >= 0.6 is 0 Å². The molecular formula is C23H29NO10. The Morgan fingerprint density at radius 2 is 1.68 bits per heavy atom. The molecule has 4 saturated heterocycles. The van der Waals surface area contributed by atoms with Gasteiger partial charge in [0.15, 0.2) is 12.4 Å². The van der Waals surface area contributed by atoms with Crippen LogP contribution in [0.15, 0.2) is 30.3 Å². The summed E-state index contributed by atoms with van der Waals surface area (Å²) in [6.07, 6.45) is -7.13. The molecule has 186 valence electrons. The summed E-state index contributed by atoms with van der Waals surface area (Å²) in [5.74, 6) is -2.88. The summed E-state index contributed by atoms with van der Waals surface area (Å²) in [6, 6.07) is 9.27. The zero-order valence-corrected chi connectivity index (χ0v) is 18.5. The van der Waals surface area contributed by atoms with Crippen molar-refractivity contribution in [2.75, 3.05) is 13.7 Å². The number of likely N-dealkylation sites (N-methyl/N-ethyl adjacent to an activating group) is 1. The summed E-state index contributed by atoms with van der Waals surface area (Å²) in [7, 11) is 2.06. The Labute approximate surface area is 195 Å². The molecule has 4 aliphatic heterocycles. The molecule has 11 nitrogen and oxygen atoms in total. The summed E-state index contributed by atoms with van der Waals surface area (Å²) in [5.41, 5.74) is 0.621. The molecule has 11 atom stereocenters. The number of piperidine rings is 1. The second-order valence-electron chi connectivity index (χ2n) is 9.43. The number of aliphatic hydroxyl groups is 3. The molecule has 0 spiro atoms. The van der Waals surface area contributed by atoms with Crippen molar-refractivity contribution in [3.63, 3.8) is 0 Å². The minimum atomic E-state index is -1.82. The maximum Gasteiger partial charge on any atom is 0.335 e. The predicted molar refractivity (Wildman–Crippen MR) is 113 cm³/mol. The fraction of sp³-hybridized carbons (Fsp3) is 0.652. The van der Waals surface area contributed by atoms with Gasteiger partial charge in [-0.2, -0.15) is 0 Å². The molecule has 0 aromatic heterocycles. The van der Waals surface area contributed by atoms with E-state index in [1.165, 1.54) is 0 Å². The van der Waals surface area contributed by atoms with Crippen LogP contribution < -0.4 is 0 Å². The van der Waals surface area contributed by atoms with E-state index in [0.717, 1.165) is 0 Å². The Hall–Kier alpha value is -2.12. The fourth-order valence-electron chi connectivity index (χ4n) is 5.41. The van der Waals surface area contributed by atoms with Gasteiger partial charge in [-0.25, -0.2) is 4.79 Å². The van der Waals surface area contributed by atoms with Crippen LogP contribution in [0.2, 0.25) is 0 Å². The van der Waals surface area contributed by atoms with Gasteiger partial charge in [-0.3, -0.25) is 9.69 Å². The summed E-state index contributed by atoms with van der Waals surface area (Å²) in [6.45, 7) is -0.284. The van der Waals surface area contributed by atoms with E-state index in [2.05, 4.69) is 11.9 Å². The first kappa shape index (κ1) is 23.6. The van der Waals surface area contributed by atoms with Gasteiger partial charge in [0, 0.05) is 24.9 Å². The van der Waals surface area contributed by atoms with Gasteiger partial charge in [0.2, 0.25) is 0 Å². The standard InChI is InChI=1S/C23H29NO10/c1-24-13-7-11(8-14(24)19-18(13)33-19)32-22(30)12(10-5-3-2-4-6-10)9-31-23-17(27)15(25)16(26)20(34-23)21(28)29/h2-6,11-20,23,25-27H,7-9H2,1H3,(H,28,29)/t11?,12-,13-,14+,15-,16-,17+,18-,19+,20-,23+/m1/s1. The normalized spacial score (nSPS) is 42.0. The molecule has 4 aliphatic rings. The van der Waals surface area contributed by atoms with Gasteiger partial charge in [0.25, 0.3) is 0 Å². The lowest BCUT2D eigenvalue weighted by Gasteiger charge is -2.39. The second kappa shape index (κ2) is 9.15. The third kappa shape index (κ3) is 4.22. The first-order valence-electron chi connectivity index (χ1n) is 11.4. The Morgan fingerprint density at radius 3 is 2.29 bits per heavy atom. The third-order valence-electron chi connectivity index (χ3n) is 7.38. The van der Waals surface area contributed by atoms with Crippen LogP contribution in [0.4, 0.5) is 0 Å². The molecule has 2 bridgehead atoms. The number of rotatable bonds is 7. The lowest BCUT2D eigenvalue weighted by atomic mass is 9.97. The van der Waals surface area contributed by atoms with Crippen molar-refractivity contribution < 1.29 is 49.0 Å². The van der Waals surface area contributed by atoms with E-state index in [9.17, 15) is 30.0 Å². The number of carbonyl (C=O) groups is 2. The molecular weight excluding hydrogens is 450 g/mol. The summed E-state index contributed by atoms with van der Waals surface area (Å²) < 4.78 is 22.3. The number of hydrogen-bond acceptors (Lipinski definition) is 10. The van der Waals surface area contributed by atoms with Crippen molar-refractivity contribution in [2.24, 2.45) is 0 Å². The second-order valence-corrected chi connectivity index (χ2v) is 9.43. The third-order valence-corrected chi connectivity index (χ3v) is 7.38. The number of nitrogens with zero attached hydrogens (tertiary/aromatic N) is 1. The van der Waals surface area contributed by atoms with E-state index in [1.807, 2.05) is 0 Å². The lowest BCUT2D eigenvalue weighted by molar-refractivity contribution is -0.294. The van der Waals surface area contributed by atoms with Crippen molar-refractivity contribution in [1.29, 1.82) is 0 Å². The number of ether oxygens (including phenoxy) is 4. The monoisotopic (exact) mass is 479 g/mol. The zero-order chi connectivity index (χ0) is 24.1. The van der Waals surface area contributed by atoms with Crippen molar-refractivity contribution in [3.8, 4) is 0 Å². The number of carbonyl (C=O) groups excluding carboxylic acids is 1. The van der Waals surface area contributed by atoms with Gasteiger partial charge in [-0.1, -0.05) is 30.3 Å². The lowest BCUT2D eigenvalue weighted by Crippen LogP contribution is -2.60. The summed E-state index contributed by atoms with van der Waals surface area (Å²) >= 11 is 0. The quantitative estimate of drug-likeness (QED) is 0.276. The molecule has 5 rings (SSSR count). The van der Waals surface area contributed by atoms with Crippen LogP contribution in [-0.2, 0) is 28.5 Å². The fourth-order valence-corrected chi connectivity index (χ4v) is 5.41. The molecule has 4 N–H and O–H groups in total. The Kier molecular flexibility index (Phi) is 6.36. The van der Waals surface area contributed by atoms with Crippen molar-refractivity contribution >= 4 is 11.9 Å². The number of esters is 1. The van der Waals surface area contributed by atoms with Gasteiger partial charge >= 0.3 is 11.9 Å². The predicted octanol–water partition coefficient (Wildman–Crippen LogP) is -1.17. The number of aliphatic hydroxyl groups excluding tert-OH is 3. The van der Waals surface area contributed by atoms with Crippen LogP contribution in [0.5, 0.6) is 0 Å². The molecule has 0 aliphatic carbocycles. The van der Waals surface area contributed by atoms with Crippen LogP contribution in [0, 0.1) is 0 Å². The molecule has 1 unspecified atom stereocenters. The number of morpholine rings is 1.